The molecule has 0 unspecified atom stereocenters. The van der Waals surface area contributed by atoms with Crippen molar-refractivity contribution in [2.45, 2.75) is 6.42 Å². The Morgan fingerprint density at radius 2 is 2.56 bits per heavy atom. The van der Waals surface area contributed by atoms with E-state index >= 15 is 0 Å². The first-order chi connectivity index (χ1) is 4.33. The van der Waals surface area contributed by atoms with Gasteiger partial charge in [0.2, 0.25) is 0 Å². The van der Waals surface area contributed by atoms with Gasteiger partial charge in [0.25, 0.3) is 0 Å². The van der Waals surface area contributed by atoms with Crippen molar-refractivity contribution in [1.82, 2.24) is 4.98 Å². The Labute approximate surface area is 62.7 Å². The molecule has 0 saturated heterocycles. The standard InChI is InChI=1S/C5H7ClN2S/c6-5-8-4(1-2-7)3-9-5/h3H,1-2,7H2. The Kier molecular flexibility index (Phi) is 2.45. The van der Waals surface area contributed by atoms with Crippen molar-refractivity contribution in [2.24, 2.45) is 5.73 Å². The fourth-order valence-electron chi connectivity index (χ4n) is 0.545. The minimum Gasteiger partial charge on any atom is -0.330 e. The van der Waals surface area contributed by atoms with E-state index in [-0.39, 0.29) is 0 Å². The number of nitrogens with two attached hydrogens (primary N) is 1. The van der Waals surface area contributed by atoms with Gasteiger partial charge in [-0.2, -0.15) is 0 Å². The predicted molar refractivity (Wildman–Crippen MR) is 39.9 cm³/mol. The average molecular weight is 163 g/mol. The van der Waals surface area contributed by atoms with E-state index in [1.54, 1.807) is 0 Å². The van der Waals surface area contributed by atoms with Crippen LogP contribution in [0.3, 0.4) is 0 Å². The molecule has 1 rings (SSSR count). The van der Waals surface area contributed by atoms with Crippen molar-refractivity contribution in [3.05, 3.63) is 15.5 Å². The number of halogens is 1. The van der Waals surface area contributed by atoms with E-state index in [2.05, 4.69) is 4.98 Å². The zero-order valence-electron chi connectivity index (χ0n) is 4.80. The van der Waals surface area contributed by atoms with Crippen molar-refractivity contribution in [2.75, 3.05) is 6.54 Å². The third-order valence-electron chi connectivity index (χ3n) is 0.924. The topological polar surface area (TPSA) is 38.9 Å². The van der Waals surface area contributed by atoms with Gasteiger partial charge in [-0.25, -0.2) is 4.98 Å². The molecule has 0 bridgehead atoms. The second-order valence-corrected chi connectivity index (χ2v) is 3.07. The highest BCUT2D eigenvalue weighted by Crippen LogP contribution is 2.14. The van der Waals surface area contributed by atoms with Crippen molar-refractivity contribution in [1.29, 1.82) is 0 Å². The van der Waals surface area contributed by atoms with Crippen molar-refractivity contribution >= 4 is 22.9 Å². The molecule has 0 radical (unpaired) electrons. The molecule has 1 aromatic rings. The summed E-state index contributed by atoms with van der Waals surface area (Å²) in [7, 11) is 0. The molecule has 1 aromatic heterocycles. The maximum Gasteiger partial charge on any atom is 0.183 e. The van der Waals surface area contributed by atoms with Crippen LogP contribution >= 0.6 is 22.9 Å². The van der Waals surface area contributed by atoms with Crippen molar-refractivity contribution in [3.63, 3.8) is 0 Å². The summed E-state index contributed by atoms with van der Waals surface area (Å²) in [4.78, 5) is 4.00. The second-order valence-electron chi connectivity index (χ2n) is 1.63. The third-order valence-corrected chi connectivity index (χ3v) is 1.95. The molecule has 1 heterocycles. The lowest BCUT2D eigenvalue weighted by atomic mass is 10.3. The fraction of sp³-hybridized carbons (Fsp3) is 0.400. The zero-order chi connectivity index (χ0) is 6.69. The van der Waals surface area contributed by atoms with E-state index in [1.807, 2.05) is 5.38 Å². The second kappa shape index (κ2) is 3.15. The van der Waals surface area contributed by atoms with Crippen molar-refractivity contribution in [3.8, 4) is 0 Å². The smallest absolute Gasteiger partial charge is 0.183 e. The van der Waals surface area contributed by atoms with Crippen LogP contribution < -0.4 is 5.73 Å². The van der Waals surface area contributed by atoms with Crippen LogP contribution in [0.2, 0.25) is 4.47 Å². The summed E-state index contributed by atoms with van der Waals surface area (Å²) in [6.07, 6.45) is 0.823. The van der Waals surface area contributed by atoms with Gasteiger partial charge in [0.1, 0.15) is 0 Å². The highest BCUT2D eigenvalue weighted by Gasteiger charge is 1.95. The van der Waals surface area contributed by atoms with E-state index in [9.17, 15) is 0 Å². The van der Waals surface area contributed by atoms with E-state index in [4.69, 9.17) is 17.3 Å². The molecule has 2 N–H and O–H groups in total. The summed E-state index contributed by atoms with van der Waals surface area (Å²) >= 11 is 7.01. The number of aromatic nitrogens is 1. The largest absolute Gasteiger partial charge is 0.330 e. The van der Waals surface area contributed by atoms with Gasteiger partial charge in [-0.15, -0.1) is 11.3 Å². The Balaban J connectivity index is 2.61. The van der Waals surface area contributed by atoms with Crippen LogP contribution in [0.1, 0.15) is 5.69 Å². The summed E-state index contributed by atoms with van der Waals surface area (Å²) in [6, 6.07) is 0. The molecule has 0 saturated carbocycles. The lowest BCUT2D eigenvalue weighted by Gasteiger charge is -1.85. The molecule has 4 heteroatoms. The van der Waals surface area contributed by atoms with E-state index in [0.29, 0.717) is 11.0 Å². The summed E-state index contributed by atoms with van der Waals surface area (Å²) in [5.41, 5.74) is 6.28. The van der Waals surface area contributed by atoms with Crippen LogP contribution in [0.5, 0.6) is 0 Å². The first-order valence-electron chi connectivity index (χ1n) is 2.63. The normalized spacial score (nSPS) is 10.0. The average Bonchev–Trinajstić information content (AvgIpc) is 2.17. The molecular formula is C5H7ClN2S. The van der Waals surface area contributed by atoms with Crippen LogP contribution in [0, 0.1) is 0 Å². The molecule has 0 spiro atoms. The molecule has 0 atom stereocenters. The van der Waals surface area contributed by atoms with E-state index < -0.39 is 0 Å². The SMILES string of the molecule is NCCc1csc(Cl)n1. The van der Waals surface area contributed by atoms with Crippen molar-refractivity contribution < 1.29 is 0 Å². The molecule has 0 aliphatic carbocycles. The molecule has 0 fully saturated rings. The number of rotatable bonds is 2. The molecule has 0 aromatic carbocycles. The Hall–Kier alpha value is -0.120. The predicted octanol–water partition coefficient (Wildman–Crippen LogP) is 1.30. The molecule has 2 nitrogen and oxygen atoms in total. The maximum atomic E-state index is 5.56. The summed E-state index contributed by atoms with van der Waals surface area (Å²) in [5, 5.41) is 1.93. The molecule has 50 valence electrons. The lowest BCUT2D eigenvalue weighted by molar-refractivity contribution is 0.935. The van der Waals surface area contributed by atoms with Crippen LogP contribution in [0.15, 0.2) is 5.38 Å². The van der Waals surface area contributed by atoms with Gasteiger partial charge in [0.15, 0.2) is 4.47 Å². The van der Waals surface area contributed by atoms with Crippen LogP contribution in [-0.2, 0) is 6.42 Å². The first kappa shape index (κ1) is 6.99. The van der Waals surface area contributed by atoms with E-state index in [0.717, 1.165) is 12.1 Å². The molecule has 0 aliphatic rings. The third kappa shape index (κ3) is 1.93. The minimum atomic E-state index is 0.596. The molecule has 9 heavy (non-hydrogen) atoms. The molecular weight excluding hydrogens is 156 g/mol. The van der Waals surface area contributed by atoms with Gasteiger partial charge in [-0.05, 0) is 6.54 Å². The Bertz CT molecular complexity index is 187. The monoisotopic (exact) mass is 162 g/mol. The van der Waals surface area contributed by atoms with Gasteiger partial charge in [-0.3, -0.25) is 0 Å². The highest BCUT2D eigenvalue weighted by atomic mass is 35.5. The fourth-order valence-corrected chi connectivity index (χ4v) is 1.36. The van der Waals surface area contributed by atoms with Gasteiger partial charge in [-0.1, -0.05) is 11.6 Å². The number of nitrogens with zero attached hydrogens (tertiary/aromatic N) is 1. The molecule has 0 aliphatic heterocycles. The van der Waals surface area contributed by atoms with Gasteiger partial charge in [0.05, 0.1) is 5.69 Å². The van der Waals surface area contributed by atoms with Gasteiger partial charge in [0, 0.05) is 11.8 Å². The van der Waals surface area contributed by atoms with Crippen LogP contribution in [-0.4, -0.2) is 11.5 Å². The van der Waals surface area contributed by atoms with Crippen LogP contribution in [0.25, 0.3) is 0 Å². The Morgan fingerprint density at radius 3 is 3.00 bits per heavy atom. The molecule has 0 amide bonds. The first-order valence-corrected chi connectivity index (χ1v) is 3.88. The van der Waals surface area contributed by atoms with Gasteiger partial charge < -0.3 is 5.73 Å². The quantitative estimate of drug-likeness (QED) is 0.712. The summed E-state index contributed by atoms with van der Waals surface area (Å²) < 4.78 is 0.596. The lowest BCUT2D eigenvalue weighted by Crippen LogP contribution is -2.02. The van der Waals surface area contributed by atoms with Gasteiger partial charge >= 0.3 is 0 Å². The van der Waals surface area contributed by atoms with Crippen LogP contribution in [0.4, 0.5) is 0 Å². The number of hydrogen-bond donors (Lipinski definition) is 1. The summed E-state index contributed by atoms with van der Waals surface area (Å²) in [5.74, 6) is 0. The zero-order valence-corrected chi connectivity index (χ0v) is 6.37. The van der Waals surface area contributed by atoms with E-state index in [1.165, 1.54) is 11.3 Å². The maximum absolute atomic E-state index is 5.56. The number of hydrogen-bond acceptors (Lipinski definition) is 3. The highest BCUT2D eigenvalue weighted by molar-refractivity contribution is 7.13. The minimum absolute atomic E-state index is 0.596. The Morgan fingerprint density at radius 1 is 1.78 bits per heavy atom. The summed E-state index contributed by atoms with van der Waals surface area (Å²) in [6.45, 7) is 0.639. The number of thiazole rings is 1.